The van der Waals surface area contributed by atoms with Crippen molar-refractivity contribution in [1.82, 2.24) is 0 Å². The molecule has 0 heterocycles. The third-order valence-corrected chi connectivity index (χ3v) is 7.83. The molecule has 6 heteroatoms. The standard InChI is InChI=1S/C24H30O6/c1-13-6-16(26)8-18(27)20(13)21(28)30-19-11-23(4)17-10-22(2,3)9-14(17)7-15(12-25)24(19,23)29-5/h6-8,12,14,17,19,26-27H,9-11H2,1-5H3/t14-,17-,19+,23+,24-/m1/s1. The minimum absolute atomic E-state index is 0.0139. The molecule has 30 heavy (non-hydrogen) atoms. The first-order valence-corrected chi connectivity index (χ1v) is 10.5. The van der Waals surface area contributed by atoms with Crippen molar-refractivity contribution < 1.29 is 29.3 Å². The molecule has 4 rings (SSSR count). The highest BCUT2D eigenvalue weighted by Crippen LogP contribution is 2.69. The van der Waals surface area contributed by atoms with Gasteiger partial charge in [-0.2, -0.15) is 0 Å². The number of aromatic hydroxyl groups is 2. The van der Waals surface area contributed by atoms with Crippen LogP contribution in [0.15, 0.2) is 23.8 Å². The number of rotatable bonds is 4. The van der Waals surface area contributed by atoms with Crippen LogP contribution in [0.3, 0.4) is 0 Å². The van der Waals surface area contributed by atoms with E-state index in [2.05, 4.69) is 20.8 Å². The van der Waals surface area contributed by atoms with E-state index < -0.39 is 17.7 Å². The molecule has 5 atom stereocenters. The highest BCUT2D eigenvalue weighted by atomic mass is 16.6. The van der Waals surface area contributed by atoms with Gasteiger partial charge in [-0.25, -0.2) is 4.79 Å². The Hall–Kier alpha value is -2.34. The molecule has 0 saturated heterocycles. The zero-order valence-electron chi connectivity index (χ0n) is 18.2. The molecule has 0 aromatic heterocycles. The van der Waals surface area contributed by atoms with Crippen molar-refractivity contribution in [3.05, 3.63) is 34.9 Å². The van der Waals surface area contributed by atoms with Crippen LogP contribution in [0, 0.1) is 29.6 Å². The predicted octanol–water partition coefficient (Wildman–Crippen LogP) is 3.92. The van der Waals surface area contributed by atoms with Crippen molar-refractivity contribution in [2.24, 2.45) is 22.7 Å². The monoisotopic (exact) mass is 414 g/mol. The van der Waals surface area contributed by atoms with Gasteiger partial charge in [-0.1, -0.05) is 26.8 Å². The lowest BCUT2D eigenvalue weighted by Gasteiger charge is -2.66. The number of allylic oxidation sites excluding steroid dienone is 1. The number of aryl methyl sites for hydroxylation is 1. The SMILES string of the molecule is CO[C@@]12C(C=O)=C[C@@H]3CC(C)(C)C[C@H]3[C@]1(C)C[C@@H]2OC(=O)c1c(C)cc(O)cc1O. The lowest BCUT2D eigenvalue weighted by Crippen LogP contribution is -2.73. The first-order valence-electron chi connectivity index (χ1n) is 10.5. The van der Waals surface area contributed by atoms with Gasteiger partial charge in [0.25, 0.3) is 0 Å². The van der Waals surface area contributed by atoms with E-state index in [9.17, 15) is 19.8 Å². The third kappa shape index (κ3) is 2.66. The molecule has 2 N–H and O–H groups in total. The quantitative estimate of drug-likeness (QED) is 0.573. The minimum atomic E-state index is -0.994. The van der Waals surface area contributed by atoms with Gasteiger partial charge in [-0.3, -0.25) is 4.79 Å². The number of phenolic OH excluding ortho intramolecular Hbond substituents is 2. The maximum Gasteiger partial charge on any atom is 0.342 e. The van der Waals surface area contributed by atoms with E-state index >= 15 is 0 Å². The van der Waals surface area contributed by atoms with E-state index in [4.69, 9.17) is 9.47 Å². The molecule has 2 saturated carbocycles. The average molecular weight is 414 g/mol. The van der Waals surface area contributed by atoms with Gasteiger partial charge < -0.3 is 19.7 Å². The predicted molar refractivity (Wildman–Crippen MR) is 110 cm³/mol. The molecule has 0 unspecified atom stereocenters. The highest BCUT2D eigenvalue weighted by Gasteiger charge is 2.73. The van der Waals surface area contributed by atoms with Crippen LogP contribution in [0.1, 0.15) is 56.0 Å². The molecule has 2 fully saturated rings. The number of carbonyl (C=O) groups is 2. The number of fused-ring (bicyclic) bond motifs is 3. The second-order valence-electron chi connectivity index (χ2n) is 10.2. The van der Waals surface area contributed by atoms with Crippen LogP contribution < -0.4 is 0 Å². The van der Waals surface area contributed by atoms with Gasteiger partial charge >= 0.3 is 5.97 Å². The summed E-state index contributed by atoms with van der Waals surface area (Å²) >= 11 is 0. The van der Waals surface area contributed by atoms with Gasteiger partial charge in [0.1, 0.15) is 35.1 Å². The Bertz CT molecular complexity index is 924. The summed E-state index contributed by atoms with van der Waals surface area (Å²) in [6.07, 6.45) is 4.88. The fourth-order valence-electron chi connectivity index (χ4n) is 6.63. The molecule has 3 aliphatic rings. The molecule has 6 nitrogen and oxygen atoms in total. The maximum atomic E-state index is 12.9. The van der Waals surface area contributed by atoms with Gasteiger partial charge in [0.2, 0.25) is 0 Å². The number of carbonyl (C=O) groups excluding carboxylic acids is 2. The Morgan fingerprint density at radius 1 is 1.17 bits per heavy atom. The van der Waals surface area contributed by atoms with Crippen LogP contribution in [0.2, 0.25) is 0 Å². The fraction of sp³-hybridized carbons (Fsp3) is 0.583. The smallest absolute Gasteiger partial charge is 0.342 e. The van der Waals surface area contributed by atoms with Gasteiger partial charge in [-0.05, 0) is 55.1 Å². The Labute approximate surface area is 176 Å². The number of ether oxygens (including phenoxy) is 2. The Morgan fingerprint density at radius 2 is 1.87 bits per heavy atom. The number of esters is 1. The van der Waals surface area contributed by atoms with Crippen molar-refractivity contribution in [3.63, 3.8) is 0 Å². The van der Waals surface area contributed by atoms with Crippen LogP contribution in [-0.2, 0) is 14.3 Å². The first kappa shape index (κ1) is 20.9. The van der Waals surface area contributed by atoms with Crippen LogP contribution >= 0.6 is 0 Å². The number of hydrogen-bond donors (Lipinski definition) is 2. The summed E-state index contributed by atoms with van der Waals surface area (Å²) in [7, 11) is 1.57. The number of phenols is 2. The van der Waals surface area contributed by atoms with Crippen molar-refractivity contribution in [2.45, 2.75) is 58.7 Å². The van der Waals surface area contributed by atoms with Gasteiger partial charge in [0.05, 0.1) is 0 Å². The molecule has 1 aromatic carbocycles. The molecule has 1 aromatic rings. The largest absolute Gasteiger partial charge is 0.508 e. The molecule has 3 aliphatic carbocycles. The van der Waals surface area contributed by atoms with Crippen LogP contribution in [-0.4, -0.2) is 41.3 Å². The molecule has 0 amide bonds. The summed E-state index contributed by atoms with van der Waals surface area (Å²) in [5.74, 6) is -0.492. The van der Waals surface area contributed by atoms with E-state index in [0.717, 1.165) is 25.2 Å². The highest BCUT2D eigenvalue weighted by molar-refractivity contribution is 5.94. The average Bonchev–Trinajstić information content (AvgIpc) is 2.94. The van der Waals surface area contributed by atoms with Gasteiger partial charge in [-0.15, -0.1) is 0 Å². The Morgan fingerprint density at radius 3 is 2.47 bits per heavy atom. The second-order valence-corrected chi connectivity index (χ2v) is 10.2. The van der Waals surface area contributed by atoms with Crippen molar-refractivity contribution in [1.29, 1.82) is 0 Å². The lowest BCUT2D eigenvalue weighted by atomic mass is 9.44. The molecule has 162 valence electrons. The van der Waals surface area contributed by atoms with Crippen molar-refractivity contribution >= 4 is 12.3 Å². The number of aldehydes is 1. The van der Waals surface area contributed by atoms with E-state index in [-0.39, 0.29) is 27.9 Å². The number of methoxy groups -OCH3 is 1. The molecule has 0 aliphatic heterocycles. The number of hydrogen-bond acceptors (Lipinski definition) is 6. The molecular formula is C24H30O6. The summed E-state index contributed by atoms with van der Waals surface area (Å²) in [6.45, 7) is 8.27. The van der Waals surface area contributed by atoms with E-state index in [1.54, 1.807) is 14.0 Å². The topological polar surface area (TPSA) is 93.1 Å². The van der Waals surface area contributed by atoms with Crippen LogP contribution in [0.5, 0.6) is 11.5 Å². The third-order valence-electron chi connectivity index (χ3n) is 7.83. The minimum Gasteiger partial charge on any atom is -0.508 e. The zero-order valence-corrected chi connectivity index (χ0v) is 18.2. The summed E-state index contributed by atoms with van der Waals surface area (Å²) < 4.78 is 11.8. The Balaban J connectivity index is 1.69. The summed E-state index contributed by atoms with van der Waals surface area (Å²) in [5, 5.41) is 19.8. The lowest BCUT2D eigenvalue weighted by molar-refractivity contribution is -0.259. The second kappa shape index (κ2) is 6.58. The summed E-state index contributed by atoms with van der Waals surface area (Å²) in [4.78, 5) is 25.0. The van der Waals surface area contributed by atoms with Crippen LogP contribution in [0.4, 0.5) is 0 Å². The van der Waals surface area contributed by atoms with Gasteiger partial charge in [0.15, 0.2) is 0 Å². The van der Waals surface area contributed by atoms with Crippen LogP contribution in [0.25, 0.3) is 0 Å². The van der Waals surface area contributed by atoms with E-state index in [1.165, 1.54) is 6.07 Å². The van der Waals surface area contributed by atoms with Gasteiger partial charge in [0, 0.05) is 24.2 Å². The van der Waals surface area contributed by atoms with Crippen molar-refractivity contribution in [2.75, 3.05) is 7.11 Å². The molecule has 0 bridgehead atoms. The van der Waals surface area contributed by atoms with Crippen molar-refractivity contribution in [3.8, 4) is 11.5 Å². The molecule has 0 radical (unpaired) electrons. The number of benzene rings is 1. The first-order chi connectivity index (χ1) is 14.0. The molecular weight excluding hydrogens is 384 g/mol. The fourth-order valence-corrected chi connectivity index (χ4v) is 6.63. The maximum absolute atomic E-state index is 12.9. The summed E-state index contributed by atoms with van der Waals surface area (Å²) in [6, 6.07) is 2.51. The normalized spacial score (nSPS) is 36.2. The zero-order chi connectivity index (χ0) is 22.1. The Kier molecular flexibility index (Phi) is 4.59. The summed E-state index contributed by atoms with van der Waals surface area (Å²) in [5.41, 5.74) is -0.154. The molecule has 0 spiro atoms. The van der Waals surface area contributed by atoms with E-state index in [1.807, 2.05) is 6.08 Å². The van der Waals surface area contributed by atoms with E-state index in [0.29, 0.717) is 29.4 Å².